The summed E-state index contributed by atoms with van der Waals surface area (Å²) in [5.74, 6) is 2.52. The molecule has 0 aromatic rings. The van der Waals surface area contributed by atoms with E-state index in [0.29, 0.717) is 0 Å². The zero-order chi connectivity index (χ0) is 8.95. The first kappa shape index (κ1) is 13.9. The fourth-order valence-electron chi connectivity index (χ4n) is 0.671. The van der Waals surface area contributed by atoms with Gasteiger partial charge in [-0.3, -0.25) is 0 Å². The van der Waals surface area contributed by atoms with Crippen LogP contribution in [0, 0.1) is 0 Å². The number of hydrogen-bond donors (Lipinski definition) is 1. The highest BCUT2D eigenvalue weighted by atomic mass is 32.2. The number of rotatable bonds is 0. The summed E-state index contributed by atoms with van der Waals surface area (Å²) in [6.45, 7) is 9.23. The van der Waals surface area contributed by atoms with Crippen LogP contribution in [0.15, 0.2) is 0 Å². The second kappa shape index (κ2) is 16.7. The van der Waals surface area contributed by atoms with E-state index in [1.807, 2.05) is 39.5 Å². The van der Waals surface area contributed by atoms with Crippen LogP contribution in [0.1, 0.15) is 40.5 Å². The molecule has 0 saturated carbocycles. The normalized spacial score (nSPS) is 16.4. The summed E-state index contributed by atoms with van der Waals surface area (Å²) in [6.07, 6.45) is 2.77. The lowest BCUT2D eigenvalue weighted by Crippen LogP contribution is -2.10. The lowest BCUT2D eigenvalue weighted by atomic mass is 10.3. The van der Waals surface area contributed by atoms with Crippen molar-refractivity contribution in [3.05, 3.63) is 0 Å². The minimum Gasteiger partial charge on any atom is -0.308 e. The van der Waals surface area contributed by atoms with Crippen molar-refractivity contribution in [2.24, 2.45) is 0 Å². The molecule has 0 unspecified atom stereocenters. The lowest BCUT2D eigenvalue weighted by molar-refractivity contribution is 0.720. The Bertz CT molecular complexity index is 29.2. The smallest absolute Gasteiger partial charge is 0.0417 e. The maximum atomic E-state index is 3.31. The maximum Gasteiger partial charge on any atom is 0.0417 e. The van der Waals surface area contributed by atoms with E-state index in [9.17, 15) is 0 Å². The molecule has 0 aliphatic carbocycles. The largest absolute Gasteiger partial charge is 0.308 e. The van der Waals surface area contributed by atoms with Crippen LogP contribution in [0.25, 0.3) is 0 Å². The minimum absolute atomic E-state index is 1.17. The quantitative estimate of drug-likeness (QED) is 0.610. The maximum absolute atomic E-state index is 3.31. The topological polar surface area (TPSA) is 12.0 Å². The van der Waals surface area contributed by atoms with E-state index < -0.39 is 0 Å². The summed E-state index contributed by atoms with van der Waals surface area (Å²) < 4.78 is 0. The van der Waals surface area contributed by atoms with Gasteiger partial charge in [0.2, 0.25) is 0 Å². The molecule has 0 atom stereocenters. The molecule has 1 heterocycles. The highest BCUT2D eigenvalue weighted by molar-refractivity contribution is 7.99. The van der Waals surface area contributed by atoms with Crippen molar-refractivity contribution in [1.82, 2.24) is 5.32 Å². The third kappa shape index (κ3) is 13.3. The van der Waals surface area contributed by atoms with Gasteiger partial charge in [0.25, 0.3) is 0 Å². The van der Waals surface area contributed by atoms with Gasteiger partial charge in [-0.05, 0) is 25.1 Å². The van der Waals surface area contributed by atoms with Crippen LogP contribution >= 0.6 is 11.8 Å². The third-order valence-corrected chi connectivity index (χ3v) is 2.08. The van der Waals surface area contributed by atoms with Gasteiger partial charge in [-0.25, -0.2) is 0 Å². The Morgan fingerprint density at radius 3 is 2.27 bits per heavy atom. The summed E-state index contributed by atoms with van der Waals surface area (Å²) in [5, 5.41) is 3.31. The molecule has 1 aliphatic heterocycles. The zero-order valence-corrected chi connectivity index (χ0v) is 9.26. The average Bonchev–Trinajstić information content (AvgIpc) is 2.42. The first-order chi connectivity index (χ1) is 5.50. The van der Waals surface area contributed by atoms with Gasteiger partial charge in [-0.15, -0.1) is 11.8 Å². The summed E-state index contributed by atoms with van der Waals surface area (Å²) in [6, 6.07) is 0. The van der Waals surface area contributed by atoms with E-state index in [2.05, 4.69) is 5.32 Å². The van der Waals surface area contributed by atoms with E-state index in [1.165, 1.54) is 31.0 Å². The molecule has 0 radical (unpaired) electrons. The van der Waals surface area contributed by atoms with Crippen molar-refractivity contribution < 1.29 is 0 Å². The Morgan fingerprint density at radius 2 is 1.64 bits per heavy atom. The predicted octanol–water partition coefficient (Wildman–Crippen LogP) is 3.11. The Morgan fingerprint density at radius 1 is 1.00 bits per heavy atom. The van der Waals surface area contributed by atoms with Gasteiger partial charge >= 0.3 is 0 Å². The first-order valence-electron chi connectivity index (χ1n) is 4.78. The molecule has 0 aromatic carbocycles. The minimum atomic E-state index is 1.17. The molecule has 70 valence electrons. The van der Waals surface area contributed by atoms with Crippen molar-refractivity contribution in [3.8, 4) is 0 Å². The standard InChI is InChI=1S/C5H11NS.2C2H6/c1-2-4-7-5-6-3-1;2*1-2/h6H,1-5H2;2*1-2H3. The molecular weight excluding hydrogens is 154 g/mol. The highest BCUT2D eigenvalue weighted by Crippen LogP contribution is 2.05. The first-order valence-corrected chi connectivity index (χ1v) is 5.94. The second-order valence-corrected chi connectivity index (χ2v) is 2.86. The molecule has 11 heavy (non-hydrogen) atoms. The summed E-state index contributed by atoms with van der Waals surface area (Å²) >= 11 is 2.00. The highest BCUT2D eigenvalue weighted by Gasteiger charge is 1.94. The molecular formula is C9H23NS. The van der Waals surface area contributed by atoms with Crippen LogP contribution in [-0.4, -0.2) is 18.2 Å². The second-order valence-electron chi connectivity index (χ2n) is 1.76. The third-order valence-electron chi connectivity index (χ3n) is 1.10. The molecule has 1 N–H and O–H groups in total. The van der Waals surface area contributed by atoms with E-state index in [-0.39, 0.29) is 0 Å². The van der Waals surface area contributed by atoms with Crippen LogP contribution in [0.3, 0.4) is 0 Å². The van der Waals surface area contributed by atoms with Crippen LogP contribution in [0.5, 0.6) is 0 Å². The van der Waals surface area contributed by atoms with Crippen molar-refractivity contribution in [2.45, 2.75) is 40.5 Å². The Hall–Kier alpha value is 0.310. The SMILES string of the molecule is C1CCSCNC1.CC.CC. The van der Waals surface area contributed by atoms with Crippen molar-refractivity contribution in [3.63, 3.8) is 0 Å². The van der Waals surface area contributed by atoms with E-state index >= 15 is 0 Å². The number of hydrogen-bond acceptors (Lipinski definition) is 2. The zero-order valence-electron chi connectivity index (χ0n) is 8.44. The molecule has 1 rings (SSSR count). The van der Waals surface area contributed by atoms with Crippen molar-refractivity contribution in [1.29, 1.82) is 0 Å². The molecule has 1 aliphatic rings. The monoisotopic (exact) mass is 177 g/mol. The van der Waals surface area contributed by atoms with Crippen LogP contribution < -0.4 is 5.32 Å². The number of thioether (sulfide) groups is 1. The van der Waals surface area contributed by atoms with E-state index in [4.69, 9.17) is 0 Å². The predicted molar refractivity (Wildman–Crippen MR) is 57.3 cm³/mol. The molecule has 1 fully saturated rings. The van der Waals surface area contributed by atoms with Crippen LogP contribution in [0.2, 0.25) is 0 Å². The molecule has 1 nitrogen and oxygen atoms in total. The van der Waals surface area contributed by atoms with Gasteiger partial charge in [0.15, 0.2) is 0 Å². The van der Waals surface area contributed by atoms with Crippen molar-refractivity contribution in [2.75, 3.05) is 18.2 Å². The average molecular weight is 177 g/mol. The summed E-state index contributed by atoms with van der Waals surface area (Å²) in [7, 11) is 0. The van der Waals surface area contributed by atoms with Gasteiger partial charge in [-0.2, -0.15) is 0 Å². The van der Waals surface area contributed by atoms with Gasteiger partial charge in [0.05, 0.1) is 0 Å². The Labute approximate surface area is 76.3 Å². The van der Waals surface area contributed by atoms with Gasteiger partial charge in [-0.1, -0.05) is 27.7 Å². The van der Waals surface area contributed by atoms with Crippen molar-refractivity contribution >= 4 is 11.8 Å². The van der Waals surface area contributed by atoms with Gasteiger partial charge < -0.3 is 5.32 Å². The molecule has 2 heteroatoms. The molecule has 0 bridgehead atoms. The molecule has 0 spiro atoms. The number of nitrogens with one attached hydrogen (secondary N) is 1. The molecule has 0 aromatic heterocycles. The fourth-order valence-corrected chi connectivity index (χ4v) is 1.51. The van der Waals surface area contributed by atoms with E-state index in [1.54, 1.807) is 0 Å². The van der Waals surface area contributed by atoms with E-state index in [0.717, 1.165) is 0 Å². The molecule has 1 saturated heterocycles. The fraction of sp³-hybridized carbons (Fsp3) is 1.00. The Balaban J connectivity index is 0. The lowest BCUT2D eigenvalue weighted by Gasteiger charge is -1.91. The molecule has 0 amide bonds. The van der Waals surface area contributed by atoms with Crippen LogP contribution in [0.4, 0.5) is 0 Å². The summed E-state index contributed by atoms with van der Waals surface area (Å²) in [4.78, 5) is 0. The van der Waals surface area contributed by atoms with Gasteiger partial charge in [0.1, 0.15) is 0 Å². The van der Waals surface area contributed by atoms with Crippen LogP contribution in [-0.2, 0) is 0 Å². The summed E-state index contributed by atoms with van der Waals surface area (Å²) in [5.41, 5.74) is 0. The van der Waals surface area contributed by atoms with Gasteiger partial charge in [0, 0.05) is 5.88 Å². The Kier molecular flexibility index (Phi) is 21.1.